The second-order valence-electron chi connectivity index (χ2n) is 1.95. The molecule has 0 aliphatic heterocycles. The van der Waals surface area contributed by atoms with Crippen LogP contribution < -0.4 is 0 Å². The monoisotopic (exact) mass is 98.1 g/mol. The molecule has 0 radical (unpaired) electrons. The van der Waals surface area contributed by atoms with E-state index in [0.717, 1.165) is 6.04 Å². The summed E-state index contributed by atoms with van der Waals surface area (Å²) in [7, 11) is 1.96. The summed E-state index contributed by atoms with van der Waals surface area (Å²) in [6.45, 7) is 3.40. The Morgan fingerprint density at radius 1 is 1.71 bits per heavy atom. The van der Waals surface area contributed by atoms with E-state index in [0.29, 0.717) is 0 Å². The summed E-state index contributed by atoms with van der Waals surface area (Å²) in [5.74, 6) is 0. The standard InChI is InChI=1S/C5H10N2/c1-6-7(2)5-3-4-5/h5H,1,3-4H2,2H3. The minimum atomic E-state index is 0.720. The van der Waals surface area contributed by atoms with Gasteiger partial charge in [-0.2, -0.15) is 5.10 Å². The molecule has 7 heavy (non-hydrogen) atoms. The van der Waals surface area contributed by atoms with Crippen molar-refractivity contribution in [3.8, 4) is 0 Å². The lowest BCUT2D eigenvalue weighted by Gasteiger charge is -2.07. The molecule has 0 saturated heterocycles. The summed E-state index contributed by atoms with van der Waals surface area (Å²) < 4.78 is 0. The van der Waals surface area contributed by atoms with Crippen molar-refractivity contribution in [1.29, 1.82) is 0 Å². The lowest BCUT2D eigenvalue weighted by Crippen LogP contribution is -2.11. The number of hydrazone groups is 1. The van der Waals surface area contributed by atoms with Gasteiger partial charge in [-0.1, -0.05) is 0 Å². The van der Waals surface area contributed by atoms with Gasteiger partial charge in [0.05, 0.1) is 0 Å². The molecular weight excluding hydrogens is 88.1 g/mol. The van der Waals surface area contributed by atoms with Crippen LogP contribution in [0.1, 0.15) is 12.8 Å². The summed E-state index contributed by atoms with van der Waals surface area (Å²) in [5, 5.41) is 5.65. The average Bonchev–Trinajstić information content (AvgIpc) is 2.44. The quantitative estimate of drug-likeness (QED) is 0.366. The Morgan fingerprint density at radius 3 is 2.43 bits per heavy atom. The smallest absolute Gasteiger partial charge is 0.0468 e. The van der Waals surface area contributed by atoms with Crippen LogP contribution in [0.4, 0.5) is 0 Å². The van der Waals surface area contributed by atoms with E-state index in [1.807, 2.05) is 12.1 Å². The topological polar surface area (TPSA) is 15.6 Å². The predicted molar refractivity (Wildman–Crippen MR) is 30.3 cm³/mol. The molecule has 1 saturated carbocycles. The van der Waals surface area contributed by atoms with Crippen LogP contribution in [0.2, 0.25) is 0 Å². The lowest BCUT2D eigenvalue weighted by atomic mass is 10.7. The van der Waals surface area contributed by atoms with E-state index in [4.69, 9.17) is 0 Å². The normalized spacial score (nSPS) is 19.0. The first-order valence-corrected chi connectivity index (χ1v) is 2.54. The van der Waals surface area contributed by atoms with Gasteiger partial charge in [0.25, 0.3) is 0 Å². The van der Waals surface area contributed by atoms with Crippen LogP contribution >= 0.6 is 0 Å². The van der Waals surface area contributed by atoms with Crippen LogP contribution in [0.3, 0.4) is 0 Å². The maximum atomic E-state index is 3.73. The fourth-order valence-electron chi connectivity index (χ4n) is 0.564. The van der Waals surface area contributed by atoms with Crippen LogP contribution in [-0.2, 0) is 0 Å². The van der Waals surface area contributed by atoms with Crippen molar-refractivity contribution in [2.75, 3.05) is 7.05 Å². The summed E-state index contributed by atoms with van der Waals surface area (Å²) in [5.41, 5.74) is 0. The molecule has 0 unspecified atom stereocenters. The van der Waals surface area contributed by atoms with E-state index >= 15 is 0 Å². The molecule has 1 aliphatic rings. The van der Waals surface area contributed by atoms with Crippen molar-refractivity contribution < 1.29 is 0 Å². The Morgan fingerprint density at radius 2 is 2.29 bits per heavy atom. The van der Waals surface area contributed by atoms with Gasteiger partial charge in [-0.15, -0.1) is 0 Å². The minimum Gasteiger partial charge on any atom is -0.298 e. The van der Waals surface area contributed by atoms with Crippen LogP contribution in [0.15, 0.2) is 5.10 Å². The Hall–Kier alpha value is -0.530. The highest BCUT2D eigenvalue weighted by Gasteiger charge is 2.24. The zero-order valence-electron chi connectivity index (χ0n) is 4.59. The van der Waals surface area contributed by atoms with Gasteiger partial charge in [0.15, 0.2) is 0 Å². The van der Waals surface area contributed by atoms with E-state index in [-0.39, 0.29) is 0 Å². The molecule has 0 heterocycles. The van der Waals surface area contributed by atoms with Gasteiger partial charge < -0.3 is 0 Å². The van der Waals surface area contributed by atoms with Gasteiger partial charge in [-0.3, -0.25) is 5.01 Å². The second-order valence-corrected chi connectivity index (χ2v) is 1.95. The molecule has 2 heteroatoms. The van der Waals surface area contributed by atoms with Crippen molar-refractivity contribution in [3.05, 3.63) is 0 Å². The van der Waals surface area contributed by atoms with Crippen molar-refractivity contribution in [3.63, 3.8) is 0 Å². The highest BCUT2D eigenvalue weighted by atomic mass is 15.5. The molecule has 0 aromatic rings. The third-order valence-corrected chi connectivity index (χ3v) is 1.30. The molecule has 1 fully saturated rings. The van der Waals surface area contributed by atoms with Gasteiger partial charge in [0, 0.05) is 19.8 Å². The Bertz CT molecular complexity index is 76.1. The number of nitrogens with zero attached hydrogens (tertiary/aromatic N) is 2. The molecule has 0 N–H and O–H groups in total. The van der Waals surface area contributed by atoms with Crippen molar-refractivity contribution in [1.82, 2.24) is 5.01 Å². The number of rotatable bonds is 2. The highest BCUT2D eigenvalue weighted by Crippen LogP contribution is 2.24. The average molecular weight is 98.1 g/mol. The van der Waals surface area contributed by atoms with Crippen LogP contribution in [0.25, 0.3) is 0 Å². The maximum absolute atomic E-state index is 3.73. The first-order chi connectivity index (χ1) is 3.34. The minimum absolute atomic E-state index is 0.720. The molecule has 40 valence electrons. The molecule has 0 bridgehead atoms. The Kier molecular flexibility index (Phi) is 1.01. The first kappa shape index (κ1) is 4.62. The Balaban J connectivity index is 2.22. The zero-order chi connectivity index (χ0) is 5.28. The van der Waals surface area contributed by atoms with E-state index in [1.54, 1.807) is 0 Å². The highest BCUT2D eigenvalue weighted by molar-refractivity contribution is 5.22. The van der Waals surface area contributed by atoms with Gasteiger partial charge >= 0.3 is 0 Å². The molecule has 0 aromatic heterocycles. The first-order valence-electron chi connectivity index (χ1n) is 2.54. The van der Waals surface area contributed by atoms with Crippen molar-refractivity contribution in [2.24, 2.45) is 5.10 Å². The summed E-state index contributed by atoms with van der Waals surface area (Å²) in [4.78, 5) is 0. The van der Waals surface area contributed by atoms with Crippen molar-refractivity contribution >= 4 is 6.72 Å². The largest absolute Gasteiger partial charge is 0.298 e. The van der Waals surface area contributed by atoms with Crippen molar-refractivity contribution in [2.45, 2.75) is 18.9 Å². The molecule has 1 rings (SSSR count). The summed E-state index contributed by atoms with van der Waals surface area (Å²) in [6, 6.07) is 0.720. The molecular formula is C5H10N2. The van der Waals surface area contributed by atoms with Gasteiger partial charge in [-0.05, 0) is 12.8 Å². The van der Waals surface area contributed by atoms with Crippen LogP contribution in [0.5, 0.6) is 0 Å². The third kappa shape index (κ3) is 0.918. The maximum Gasteiger partial charge on any atom is 0.0468 e. The Labute approximate surface area is 43.8 Å². The zero-order valence-corrected chi connectivity index (χ0v) is 4.59. The van der Waals surface area contributed by atoms with Gasteiger partial charge in [0.2, 0.25) is 0 Å². The van der Waals surface area contributed by atoms with E-state index < -0.39 is 0 Å². The molecule has 2 nitrogen and oxygen atoms in total. The third-order valence-electron chi connectivity index (χ3n) is 1.30. The van der Waals surface area contributed by atoms with Crippen LogP contribution in [0, 0.1) is 0 Å². The van der Waals surface area contributed by atoms with E-state index in [2.05, 4.69) is 11.8 Å². The van der Waals surface area contributed by atoms with Gasteiger partial charge in [-0.25, -0.2) is 0 Å². The molecule has 1 aliphatic carbocycles. The molecule has 0 atom stereocenters. The lowest BCUT2D eigenvalue weighted by molar-refractivity contribution is 0.347. The second kappa shape index (κ2) is 1.52. The van der Waals surface area contributed by atoms with E-state index in [1.165, 1.54) is 12.8 Å². The molecule has 0 amide bonds. The fraction of sp³-hybridized carbons (Fsp3) is 0.800. The molecule has 0 aromatic carbocycles. The van der Waals surface area contributed by atoms with Crippen LogP contribution in [-0.4, -0.2) is 24.8 Å². The summed E-state index contributed by atoms with van der Waals surface area (Å²) in [6.07, 6.45) is 2.60. The van der Waals surface area contributed by atoms with Gasteiger partial charge in [0.1, 0.15) is 0 Å². The molecule has 0 spiro atoms. The summed E-state index contributed by atoms with van der Waals surface area (Å²) >= 11 is 0. The fourth-order valence-corrected chi connectivity index (χ4v) is 0.564. The number of hydrogen-bond acceptors (Lipinski definition) is 2. The van der Waals surface area contributed by atoms with E-state index in [9.17, 15) is 0 Å². The predicted octanol–water partition coefficient (Wildman–Crippen LogP) is 0.696. The SMILES string of the molecule is C=NN(C)C1CC1. The number of hydrogen-bond donors (Lipinski definition) is 0.